The van der Waals surface area contributed by atoms with Gasteiger partial charge in [0.25, 0.3) is 0 Å². The largest absolute Gasteiger partial charge is 0.435 e. The highest BCUT2D eigenvalue weighted by Gasteiger charge is 2.34. The topological polar surface area (TPSA) is 41.9 Å². The van der Waals surface area contributed by atoms with Crippen LogP contribution in [0.15, 0.2) is 35.3 Å². The molecule has 1 saturated heterocycles. The van der Waals surface area contributed by atoms with Crippen molar-refractivity contribution < 1.29 is 9.53 Å². The maximum absolute atomic E-state index is 11.4. The number of hydrogen-bond acceptors (Lipinski definition) is 3. The van der Waals surface area contributed by atoms with Crippen molar-refractivity contribution >= 4 is 11.8 Å². The molecular formula is C14H16N2O2. The van der Waals surface area contributed by atoms with E-state index in [-0.39, 0.29) is 6.23 Å². The molecule has 1 atom stereocenters. The van der Waals surface area contributed by atoms with Crippen molar-refractivity contribution in [1.82, 2.24) is 4.90 Å². The van der Waals surface area contributed by atoms with Crippen LogP contribution in [0.5, 0.6) is 0 Å². The first-order valence-electron chi connectivity index (χ1n) is 6.43. The molecule has 3 rings (SSSR count). The Morgan fingerprint density at radius 3 is 2.56 bits per heavy atom. The monoisotopic (exact) mass is 244 g/mol. The number of benzene rings is 1. The number of ether oxygens (including phenoxy) is 1. The Balaban J connectivity index is 1.86. The van der Waals surface area contributed by atoms with Crippen molar-refractivity contribution in [2.24, 2.45) is 4.99 Å². The maximum atomic E-state index is 11.4. The van der Waals surface area contributed by atoms with Gasteiger partial charge in [-0.2, -0.15) is 4.99 Å². The molecule has 1 amide bonds. The van der Waals surface area contributed by atoms with Crippen molar-refractivity contribution in [3.05, 3.63) is 35.9 Å². The number of hydrogen-bond donors (Lipinski definition) is 0. The predicted molar refractivity (Wildman–Crippen MR) is 68.7 cm³/mol. The van der Waals surface area contributed by atoms with Gasteiger partial charge in [-0.05, 0) is 12.8 Å². The van der Waals surface area contributed by atoms with Gasteiger partial charge in [0, 0.05) is 18.7 Å². The molecule has 4 heteroatoms. The van der Waals surface area contributed by atoms with Crippen molar-refractivity contribution in [3.8, 4) is 0 Å². The molecule has 2 aliphatic heterocycles. The number of aliphatic imine (C=N–C) groups is 1. The van der Waals surface area contributed by atoms with Gasteiger partial charge in [-0.25, -0.2) is 4.79 Å². The highest BCUT2D eigenvalue weighted by Crippen LogP contribution is 2.21. The summed E-state index contributed by atoms with van der Waals surface area (Å²) in [6, 6.07) is 9.80. The Hall–Kier alpha value is -1.68. The third-order valence-corrected chi connectivity index (χ3v) is 3.45. The summed E-state index contributed by atoms with van der Waals surface area (Å²) in [5, 5.41) is 0. The highest BCUT2D eigenvalue weighted by atomic mass is 16.6. The third-order valence-electron chi connectivity index (χ3n) is 3.45. The van der Waals surface area contributed by atoms with Gasteiger partial charge in [-0.3, -0.25) is 4.90 Å². The molecule has 2 heterocycles. The molecule has 1 unspecified atom stereocenters. The summed E-state index contributed by atoms with van der Waals surface area (Å²) >= 11 is 0. The summed E-state index contributed by atoms with van der Waals surface area (Å²) in [4.78, 5) is 17.7. The van der Waals surface area contributed by atoms with E-state index in [2.05, 4.69) is 9.89 Å². The maximum Gasteiger partial charge on any atom is 0.435 e. The second kappa shape index (κ2) is 4.90. The second-order valence-electron chi connectivity index (χ2n) is 4.70. The summed E-state index contributed by atoms with van der Waals surface area (Å²) in [5.74, 6) is 0. The number of nitrogens with zero attached hydrogens (tertiary/aromatic N) is 2. The minimum Gasteiger partial charge on any atom is -0.422 e. The Morgan fingerprint density at radius 1 is 1.11 bits per heavy atom. The van der Waals surface area contributed by atoms with Crippen LogP contribution in [-0.2, 0) is 4.74 Å². The Morgan fingerprint density at radius 2 is 1.83 bits per heavy atom. The first-order chi connectivity index (χ1) is 8.84. The minimum absolute atomic E-state index is 0.291. The van der Waals surface area contributed by atoms with E-state index < -0.39 is 6.09 Å². The third kappa shape index (κ3) is 2.16. The molecule has 0 aliphatic carbocycles. The van der Waals surface area contributed by atoms with Crippen molar-refractivity contribution in [2.75, 3.05) is 13.1 Å². The summed E-state index contributed by atoms with van der Waals surface area (Å²) in [6.07, 6.45) is 2.82. The van der Waals surface area contributed by atoms with E-state index in [1.807, 2.05) is 30.3 Å². The normalized spacial score (nSPS) is 24.8. The molecule has 0 spiro atoms. The fourth-order valence-electron chi connectivity index (χ4n) is 2.55. The predicted octanol–water partition coefficient (Wildman–Crippen LogP) is 2.44. The van der Waals surface area contributed by atoms with Gasteiger partial charge in [-0.1, -0.05) is 36.8 Å². The van der Waals surface area contributed by atoms with Gasteiger partial charge in [0.15, 0.2) is 0 Å². The van der Waals surface area contributed by atoms with Crippen molar-refractivity contribution in [3.63, 3.8) is 0 Å². The molecule has 1 aromatic rings. The molecule has 18 heavy (non-hydrogen) atoms. The smallest absolute Gasteiger partial charge is 0.422 e. The minimum atomic E-state index is -0.468. The van der Waals surface area contributed by atoms with Crippen LogP contribution in [0.2, 0.25) is 0 Å². The Kier molecular flexibility index (Phi) is 3.11. The van der Waals surface area contributed by atoms with E-state index in [4.69, 9.17) is 4.74 Å². The second-order valence-corrected chi connectivity index (χ2v) is 4.70. The number of likely N-dealkylation sites (tertiary alicyclic amines) is 1. The molecule has 0 bridgehead atoms. The molecule has 0 aromatic heterocycles. The summed E-state index contributed by atoms with van der Waals surface area (Å²) in [5.41, 5.74) is 1.72. The molecule has 1 fully saturated rings. The van der Waals surface area contributed by atoms with Crippen LogP contribution in [0.3, 0.4) is 0 Å². The number of carbonyl (C=O) groups excluding carboxylic acids is 1. The molecule has 4 nitrogen and oxygen atoms in total. The van der Waals surface area contributed by atoms with Gasteiger partial charge >= 0.3 is 6.09 Å². The molecule has 1 aromatic carbocycles. The lowest BCUT2D eigenvalue weighted by molar-refractivity contribution is 0.0347. The SMILES string of the molecule is O=C1N=C(c2ccccc2)C(N2CCCCC2)O1. The number of amides is 1. The zero-order valence-electron chi connectivity index (χ0n) is 10.2. The Labute approximate surface area is 106 Å². The molecular weight excluding hydrogens is 228 g/mol. The van der Waals surface area contributed by atoms with Crippen LogP contribution in [0.25, 0.3) is 0 Å². The van der Waals surface area contributed by atoms with Crippen molar-refractivity contribution in [1.29, 1.82) is 0 Å². The summed E-state index contributed by atoms with van der Waals surface area (Å²) < 4.78 is 5.35. The number of rotatable bonds is 2. The lowest BCUT2D eigenvalue weighted by atomic mass is 10.1. The van der Waals surface area contributed by atoms with Gasteiger partial charge in [0.2, 0.25) is 6.23 Å². The van der Waals surface area contributed by atoms with Crippen molar-refractivity contribution in [2.45, 2.75) is 25.5 Å². The van der Waals surface area contributed by atoms with Crippen LogP contribution in [0, 0.1) is 0 Å². The number of carbonyl (C=O) groups is 1. The van der Waals surface area contributed by atoms with Crippen LogP contribution in [0.1, 0.15) is 24.8 Å². The van der Waals surface area contributed by atoms with Gasteiger partial charge in [-0.15, -0.1) is 0 Å². The van der Waals surface area contributed by atoms with Crippen LogP contribution >= 0.6 is 0 Å². The van der Waals surface area contributed by atoms with Crippen LogP contribution < -0.4 is 0 Å². The average molecular weight is 244 g/mol. The van der Waals surface area contributed by atoms with Crippen LogP contribution in [-0.4, -0.2) is 36.0 Å². The average Bonchev–Trinajstić information content (AvgIpc) is 2.83. The van der Waals surface area contributed by atoms with Gasteiger partial charge < -0.3 is 4.74 Å². The van der Waals surface area contributed by atoms with E-state index in [0.29, 0.717) is 0 Å². The van der Waals surface area contributed by atoms with Gasteiger partial charge in [0.1, 0.15) is 5.71 Å². The van der Waals surface area contributed by atoms with E-state index in [0.717, 1.165) is 37.2 Å². The van der Waals surface area contributed by atoms with E-state index in [9.17, 15) is 4.79 Å². The first kappa shape index (κ1) is 11.4. The fraction of sp³-hybridized carbons (Fsp3) is 0.429. The van der Waals surface area contributed by atoms with Gasteiger partial charge in [0.05, 0.1) is 0 Å². The number of piperidine rings is 1. The van der Waals surface area contributed by atoms with E-state index in [1.54, 1.807) is 0 Å². The molecule has 0 saturated carbocycles. The Bertz CT molecular complexity index is 464. The molecule has 0 N–H and O–H groups in total. The lowest BCUT2D eigenvalue weighted by Crippen LogP contribution is -2.44. The first-order valence-corrected chi connectivity index (χ1v) is 6.43. The summed E-state index contributed by atoms with van der Waals surface area (Å²) in [7, 11) is 0. The van der Waals surface area contributed by atoms with E-state index >= 15 is 0 Å². The van der Waals surface area contributed by atoms with Crippen LogP contribution in [0.4, 0.5) is 4.79 Å². The highest BCUT2D eigenvalue weighted by molar-refractivity contribution is 6.11. The zero-order valence-corrected chi connectivity index (χ0v) is 10.2. The lowest BCUT2D eigenvalue weighted by Gasteiger charge is -2.31. The molecule has 0 radical (unpaired) electrons. The van der Waals surface area contributed by atoms with E-state index in [1.165, 1.54) is 6.42 Å². The zero-order chi connectivity index (χ0) is 12.4. The standard InChI is InChI=1S/C14H16N2O2/c17-14-15-12(11-7-3-1-4-8-11)13(18-14)16-9-5-2-6-10-16/h1,3-4,7-8,13H,2,5-6,9-10H2. The molecule has 94 valence electrons. The summed E-state index contributed by atoms with van der Waals surface area (Å²) in [6.45, 7) is 1.95. The number of cyclic esters (lactones) is 1. The fourth-order valence-corrected chi connectivity index (χ4v) is 2.55. The molecule has 2 aliphatic rings. The quantitative estimate of drug-likeness (QED) is 0.802.